The molecule has 0 unspecified atom stereocenters. The van der Waals surface area contributed by atoms with E-state index in [1.165, 1.54) is 4.90 Å². The first-order chi connectivity index (χ1) is 12.9. The molecule has 7 heteroatoms. The van der Waals surface area contributed by atoms with Crippen LogP contribution in [-0.4, -0.2) is 60.0 Å². The molecule has 0 aromatic carbocycles. The van der Waals surface area contributed by atoms with E-state index in [0.717, 1.165) is 12.8 Å². The maximum Gasteiger partial charge on any atom is 0.243 e. The van der Waals surface area contributed by atoms with Crippen molar-refractivity contribution in [2.24, 2.45) is 23.7 Å². The number of aliphatic hydroxyl groups excluding tert-OH is 1. The van der Waals surface area contributed by atoms with Gasteiger partial charge in [0.2, 0.25) is 17.7 Å². The van der Waals surface area contributed by atoms with E-state index in [1.54, 1.807) is 7.05 Å². The lowest BCUT2D eigenvalue weighted by Gasteiger charge is -2.33. The summed E-state index contributed by atoms with van der Waals surface area (Å²) in [5.41, 5.74) is 0. The van der Waals surface area contributed by atoms with Gasteiger partial charge in [0.05, 0.1) is 24.5 Å². The number of hydrogen-bond donors (Lipinski definition) is 3. The van der Waals surface area contributed by atoms with E-state index in [1.807, 2.05) is 32.9 Å². The monoisotopic (exact) mass is 379 g/mol. The molecule has 3 amide bonds. The van der Waals surface area contributed by atoms with Crippen molar-refractivity contribution in [3.63, 3.8) is 0 Å². The Morgan fingerprint density at radius 2 is 1.96 bits per heavy atom. The summed E-state index contributed by atoms with van der Waals surface area (Å²) >= 11 is 0. The number of aliphatic hydroxyl groups is 1. The first kappa shape index (κ1) is 21.4. The second kappa shape index (κ2) is 9.35. The van der Waals surface area contributed by atoms with Crippen LogP contribution in [0.3, 0.4) is 0 Å². The minimum atomic E-state index is -0.688. The van der Waals surface area contributed by atoms with Crippen molar-refractivity contribution < 1.29 is 19.5 Å². The number of carbonyl (C=O) groups is 3. The summed E-state index contributed by atoms with van der Waals surface area (Å²) in [6.45, 7) is 6.20. The molecule has 0 bridgehead atoms. The third-order valence-electron chi connectivity index (χ3n) is 5.93. The lowest BCUT2D eigenvalue weighted by Crippen LogP contribution is -2.52. The standard InChI is InChI=1S/C20H33N3O4/c1-5-7-10-22-19(26)17-14-9-8-12(3)15(18(25)21-4)16(14)20(27)23(17)13(6-2)11-24/h8-9,12-17,24H,5-7,10-11H2,1-4H3,(H,21,25)(H,22,26)/t12-,13+,14+,15-,16+,17+/m1/s1. The van der Waals surface area contributed by atoms with Crippen LogP contribution >= 0.6 is 0 Å². The van der Waals surface area contributed by atoms with Gasteiger partial charge in [0.25, 0.3) is 0 Å². The fourth-order valence-corrected chi connectivity index (χ4v) is 4.41. The Balaban J connectivity index is 2.41. The predicted molar refractivity (Wildman–Crippen MR) is 103 cm³/mol. The molecule has 0 aromatic rings. The number of fused-ring (bicyclic) bond motifs is 1. The van der Waals surface area contributed by atoms with E-state index in [0.29, 0.717) is 13.0 Å². The lowest BCUT2D eigenvalue weighted by molar-refractivity contribution is -0.143. The SMILES string of the molecule is CCCCNC(=O)[C@@H]1[C@H]2C=C[C@@H](C)[C@@H](C(=O)NC)[C@H]2C(=O)N1[C@@H](CC)CO. The molecule has 0 aromatic heterocycles. The van der Waals surface area contributed by atoms with Crippen LogP contribution in [0.15, 0.2) is 12.2 Å². The minimum absolute atomic E-state index is 0.0897. The van der Waals surface area contributed by atoms with Crippen molar-refractivity contribution in [3.05, 3.63) is 12.2 Å². The molecule has 1 fully saturated rings. The van der Waals surface area contributed by atoms with Gasteiger partial charge < -0.3 is 20.6 Å². The Bertz CT molecular complexity index is 588. The summed E-state index contributed by atoms with van der Waals surface area (Å²) in [6, 6.07) is -1.12. The zero-order valence-electron chi connectivity index (χ0n) is 16.8. The number of allylic oxidation sites excluding steroid dienone is 1. The fraction of sp³-hybridized carbons (Fsp3) is 0.750. The third kappa shape index (κ3) is 4.03. The summed E-state index contributed by atoms with van der Waals surface area (Å²) in [4.78, 5) is 40.4. The molecule has 1 aliphatic heterocycles. The van der Waals surface area contributed by atoms with E-state index in [9.17, 15) is 19.5 Å². The highest BCUT2D eigenvalue weighted by Gasteiger charge is 2.57. The molecule has 0 spiro atoms. The Labute approximate surface area is 161 Å². The number of amides is 3. The maximum absolute atomic E-state index is 13.3. The molecule has 1 aliphatic carbocycles. The van der Waals surface area contributed by atoms with E-state index >= 15 is 0 Å². The Hall–Kier alpha value is -1.89. The number of carbonyl (C=O) groups excluding carboxylic acids is 3. The van der Waals surface area contributed by atoms with Crippen molar-refractivity contribution in [3.8, 4) is 0 Å². The second-order valence-corrected chi connectivity index (χ2v) is 7.57. The topological polar surface area (TPSA) is 98.7 Å². The van der Waals surface area contributed by atoms with Gasteiger partial charge in [-0.2, -0.15) is 0 Å². The van der Waals surface area contributed by atoms with Gasteiger partial charge in [-0.3, -0.25) is 14.4 Å². The highest BCUT2D eigenvalue weighted by atomic mass is 16.3. The highest BCUT2D eigenvalue weighted by molar-refractivity contribution is 5.97. The van der Waals surface area contributed by atoms with Crippen LogP contribution in [0.25, 0.3) is 0 Å². The molecule has 3 N–H and O–H groups in total. The van der Waals surface area contributed by atoms with Gasteiger partial charge in [-0.05, 0) is 18.8 Å². The average Bonchev–Trinajstić information content (AvgIpc) is 2.95. The molecule has 2 rings (SSSR count). The van der Waals surface area contributed by atoms with Crippen LogP contribution in [0.1, 0.15) is 40.0 Å². The molecular formula is C20H33N3O4. The van der Waals surface area contributed by atoms with E-state index in [4.69, 9.17) is 0 Å². The summed E-state index contributed by atoms with van der Waals surface area (Å²) in [5.74, 6) is -2.13. The number of nitrogens with one attached hydrogen (secondary N) is 2. The zero-order valence-corrected chi connectivity index (χ0v) is 16.8. The Morgan fingerprint density at radius 1 is 1.26 bits per heavy atom. The van der Waals surface area contributed by atoms with Crippen LogP contribution in [0.5, 0.6) is 0 Å². The van der Waals surface area contributed by atoms with Gasteiger partial charge in [-0.15, -0.1) is 0 Å². The minimum Gasteiger partial charge on any atom is -0.394 e. The van der Waals surface area contributed by atoms with Crippen LogP contribution in [0.2, 0.25) is 0 Å². The van der Waals surface area contributed by atoms with Crippen LogP contribution < -0.4 is 10.6 Å². The van der Waals surface area contributed by atoms with E-state index in [2.05, 4.69) is 10.6 Å². The van der Waals surface area contributed by atoms with Gasteiger partial charge in [0.1, 0.15) is 6.04 Å². The summed E-state index contributed by atoms with van der Waals surface area (Å²) < 4.78 is 0. The Kier molecular flexibility index (Phi) is 7.41. The average molecular weight is 380 g/mol. The van der Waals surface area contributed by atoms with E-state index < -0.39 is 23.9 Å². The van der Waals surface area contributed by atoms with Crippen molar-refractivity contribution in [2.75, 3.05) is 20.2 Å². The first-order valence-electron chi connectivity index (χ1n) is 10.0. The number of likely N-dealkylation sites (tertiary alicyclic amines) is 1. The van der Waals surface area contributed by atoms with Gasteiger partial charge in [-0.1, -0.05) is 39.3 Å². The molecule has 1 heterocycles. The summed E-state index contributed by atoms with van der Waals surface area (Å²) in [5, 5.41) is 15.4. The largest absolute Gasteiger partial charge is 0.394 e. The first-order valence-corrected chi connectivity index (χ1v) is 10.0. The highest BCUT2D eigenvalue weighted by Crippen LogP contribution is 2.44. The molecule has 152 valence electrons. The number of nitrogens with zero attached hydrogens (tertiary/aromatic N) is 1. The number of unbranched alkanes of at least 4 members (excludes halogenated alkanes) is 1. The van der Waals surface area contributed by atoms with Crippen molar-refractivity contribution in [1.29, 1.82) is 0 Å². The third-order valence-corrected chi connectivity index (χ3v) is 5.93. The molecule has 2 aliphatic rings. The zero-order chi connectivity index (χ0) is 20.1. The predicted octanol–water partition coefficient (Wildman–Crippen LogP) is 0.685. The smallest absolute Gasteiger partial charge is 0.243 e. The summed E-state index contributed by atoms with van der Waals surface area (Å²) in [7, 11) is 1.57. The van der Waals surface area contributed by atoms with Gasteiger partial charge in [0, 0.05) is 19.5 Å². The molecule has 0 saturated carbocycles. The molecular weight excluding hydrogens is 346 g/mol. The van der Waals surface area contributed by atoms with Crippen LogP contribution in [-0.2, 0) is 14.4 Å². The van der Waals surface area contributed by atoms with Crippen LogP contribution in [0.4, 0.5) is 0 Å². The summed E-state index contributed by atoms with van der Waals surface area (Å²) in [6.07, 6.45) is 6.23. The van der Waals surface area contributed by atoms with Crippen molar-refractivity contribution >= 4 is 17.7 Å². The molecule has 6 atom stereocenters. The van der Waals surface area contributed by atoms with Gasteiger partial charge in [0.15, 0.2) is 0 Å². The lowest BCUT2D eigenvalue weighted by atomic mass is 9.70. The quantitative estimate of drug-likeness (QED) is 0.427. The molecule has 27 heavy (non-hydrogen) atoms. The number of hydrogen-bond acceptors (Lipinski definition) is 4. The number of rotatable bonds is 8. The molecule has 0 radical (unpaired) electrons. The molecule has 7 nitrogen and oxygen atoms in total. The van der Waals surface area contributed by atoms with Crippen molar-refractivity contribution in [2.45, 2.75) is 52.1 Å². The molecule has 1 saturated heterocycles. The normalized spacial score (nSPS) is 30.8. The maximum atomic E-state index is 13.3. The van der Waals surface area contributed by atoms with Crippen LogP contribution in [0, 0.1) is 23.7 Å². The van der Waals surface area contributed by atoms with Crippen molar-refractivity contribution in [1.82, 2.24) is 15.5 Å². The second-order valence-electron chi connectivity index (χ2n) is 7.57. The van der Waals surface area contributed by atoms with Gasteiger partial charge >= 0.3 is 0 Å². The van der Waals surface area contributed by atoms with Gasteiger partial charge in [-0.25, -0.2) is 0 Å². The Morgan fingerprint density at radius 3 is 2.52 bits per heavy atom. The van der Waals surface area contributed by atoms with E-state index in [-0.39, 0.29) is 36.2 Å². The fourth-order valence-electron chi connectivity index (χ4n) is 4.41.